The second kappa shape index (κ2) is 2.91. The topological polar surface area (TPSA) is 47.4 Å². The van der Waals surface area contributed by atoms with Gasteiger partial charge < -0.3 is 4.74 Å². The van der Waals surface area contributed by atoms with Crippen LogP contribution >= 0.6 is 0 Å². The molecule has 0 spiro atoms. The minimum absolute atomic E-state index is 0.333. The highest BCUT2D eigenvalue weighted by atomic mass is 16.5. The molecule has 1 aromatic rings. The van der Waals surface area contributed by atoms with Gasteiger partial charge in [-0.25, -0.2) is 9.98 Å². The van der Waals surface area contributed by atoms with Crippen molar-refractivity contribution in [1.82, 2.24) is 9.97 Å². The molecule has 0 saturated heterocycles. The van der Waals surface area contributed by atoms with E-state index in [4.69, 9.17) is 4.74 Å². The van der Waals surface area contributed by atoms with Gasteiger partial charge in [0.05, 0.1) is 7.11 Å². The average molecular weight is 137 g/mol. The Morgan fingerprint density at radius 3 is 3.10 bits per heavy atom. The summed E-state index contributed by atoms with van der Waals surface area (Å²) in [5.41, 5.74) is 0. The Morgan fingerprint density at radius 2 is 2.50 bits per heavy atom. The van der Waals surface area contributed by atoms with Crippen LogP contribution in [0.3, 0.4) is 0 Å². The first-order chi connectivity index (χ1) is 4.86. The lowest BCUT2D eigenvalue weighted by Crippen LogP contribution is -1.87. The van der Waals surface area contributed by atoms with Crippen molar-refractivity contribution in [3.05, 3.63) is 12.3 Å². The van der Waals surface area contributed by atoms with Gasteiger partial charge in [-0.3, -0.25) is 0 Å². The van der Waals surface area contributed by atoms with E-state index in [1.165, 1.54) is 7.11 Å². The molecule has 10 heavy (non-hydrogen) atoms. The summed E-state index contributed by atoms with van der Waals surface area (Å²) in [5.74, 6) is 0.830. The lowest BCUT2D eigenvalue weighted by atomic mass is 10.6. The molecule has 0 amide bonds. The molecule has 1 rings (SSSR count). The zero-order valence-electron chi connectivity index (χ0n) is 5.61. The third-order valence-electron chi connectivity index (χ3n) is 0.968. The van der Waals surface area contributed by atoms with Crippen molar-refractivity contribution < 1.29 is 4.74 Å². The normalized spacial score (nSPS) is 8.90. The molecule has 0 aromatic carbocycles. The van der Waals surface area contributed by atoms with Crippen LogP contribution in [0.4, 0.5) is 5.95 Å². The Bertz CT molecular complexity index is 236. The standard InChI is InChI=1S/C6H7N3O/c1-7-6-8-4-3-5(9-6)10-2/h3-4H,1H2,2H3. The maximum atomic E-state index is 4.82. The lowest BCUT2D eigenvalue weighted by molar-refractivity contribution is 0.397. The SMILES string of the molecule is C=Nc1nccc(OC)n1. The quantitative estimate of drug-likeness (QED) is 0.567. The smallest absolute Gasteiger partial charge is 0.251 e. The van der Waals surface area contributed by atoms with E-state index in [1.54, 1.807) is 12.3 Å². The van der Waals surface area contributed by atoms with E-state index in [-0.39, 0.29) is 0 Å². The van der Waals surface area contributed by atoms with Gasteiger partial charge in [0.1, 0.15) is 0 Å². The van der Waals surface area contributed by atoms with Crippen LogP contribution in [0.15, 0.2) is 17.3 Å². The first-order valence-corrected chi connectivity index (χ1v) is 2.70. The maximum Gasteiger partial charge on any atom is 0.251 e. The van der Waals surface area contributed by atoms with E-state index in [1.807, 2.05) is 0 Å². The number of methoxy groups -OCH3 is 1. The number of hydrogen-bond donors (Lipinski definition) is 0. The van der Waals surface area contributed by atoms with Gasteiger partial charge in [0.15, 0.2) is 0 Å². The van der Waals surface area contributed by atoms with E-state index in [9.17, 15) is 0 Å². The average Bonchev–Trinajstić information content (AvgIpc) is 2.05. The molecule has 0 N–H and O–H groups in total. The minimum atomic E-state index is 0.333. The van der Waals surface area contributed by atoms with Gasteiger partial charge in [0, 0.05) is 12.3 Å². The van der Waals surface area contributed by atoms with Gasteiger partial charge in [-0.1, -0.05) is 0 Å². The van der Waals surface area contributed by atoms with Crippen LogP contribution in [0.1, 0.15) is 0 Å². The number of aliphatic imine (C=N–C) groups is 1. The highest BCUT2D eigenvalue weighted by Crippen LogP contribution is 2.08. The third-order valence-corrected chi connectivity index (χ3v) is 0.968. The molecule has 0 saturated carbocycles. The van der Waals surface area contributed by atoms with Crippen LogP contribution in [-0.2, 0) is 0 Å². The Kier molecular flexibility index (Phi) is 1.94. The van der Waals surface area contributed by atoms with Crippen LogP contribution in [0, 0.1) is 0 Å². The maximum absolute atomic E-state index is 4.82. The minimum Gasteiger partial charge on any atom is -0.481 e. The molecule has 1 heterocycles. The van der Waals surface area contributed by atoms with Crippen molar-refractivity contribution in [3.63, 3.8) is 0 Å². The first-order valence-electron chi connectivity index (χ1n) is 2.70. The van der Waals surface area contributed by atoms with Crippen molar-refractivity contribution in [2.45, 2.75) is 0 Å². The molecule has 0 atom stereocenters. The van der Waals surface area contributed by atoms with Crippen molar-refractivity contribution in [1.29, 1.82) is 0 Å². The van der Waals surface area contributed by atoms with Gasteiger partial charge in [-0.2, -0.15) is 4.98 Å². The molecule has 0 bridgehead atoms. The monoisotopic (exact) mass is 137 g/mol. The predicted octanol–water partition coefficient (Wildman–Crippen LogP) is 0.817. The highest BCUT2D eigenvalue weighted by Gasteiger charge is 1.92. The Labute approximate surface area is 58.6 Å². The molecular weight excluding hydrogens is 130 g/mol. The van der Waals surface area contributed by atoms with Gasteiger partial charge in [-0.05, 0) is 6.72 Å². The number of aromatic nitrogens is 2. The molecule has 0 fully saturated rings. The summed E-state index contributed by atoms with van der Waals surface area (Å²) in [6, 6.07) is 1.65. The van der Waals surface area contributed by atoms with E-state index < -0.39 is 0 Å². The van der Waals surface area contributed by atoms with Gasteiger partial charge in [0.2, 0.25) is 5.88 Å². The molecule has 4 heteroatoms. The van der Waals surface area contributed by atoms with Crippen molar-refractivity contribution >= 4 is 12.7 Å². The van der Waals surface area contributed by atoms with Gasteiger partial charge >= 0.3 is 0 Å². The first kappa shape index (κ1) is 6.67. The van der Waals surface area contributed by atoms with Crippen LogP contribution in [0.5, 0.6) is 5.88 Å². The summed E-state index contributed by atoms with van der Waals surface area (Å²) in [7, 11) is 1.54. The summed E-state index contributed by atoms with van der Waals surface area (Å²) in [6.07, 6.45) is 1.57. The second-order valence-corrected chi connectivity index (χ2v) is 1.56. The predicted molar refractivity (Wildman–Crippen MR) is 37.8 cm³/mol. The number of nitrogens with zero attached hydrogens (tertiary/aromatic N) is 3. The summed E-state index contributed by atoms with van der Waals surface area (Å²) < 4.78 is 4.82. The zero-order valence-corrected chi connectivity index (χ0v) is 5.61. The van der Waals surface area contributed by atoms with Crippen LogP contribution < -0.4 is 4.74 Å². The molecule has 0 aliphatic heterocycles. The Morgan fingerprint density at radius 1 is 1.70 bits per heavy atom. The third kappa shape index (κ3) is 1.28. The molecule has 4 nitrogen and oxygen atoms in total. The van der Waals surface area contributed by atoms with Gasteiger partial charge in [0.25, 0.3) is 5.95 Å². The fraction of sp³-hybridized carbons (Fsp3) is 0.167. The number of rotatable bonds is 2. The van der Waals surface area contributed by atoms with Crippen LogP contribution in [0.2, 0.25) is 0 Å². The molecule has 52 valence electrons. The van der Waals surface area contributed by atoms with Crippen molar-refractivity contribution in [2.24, 2.45) is 4.99 Å². The fourth-order valence-electron chi connectivity index (χ4n) is 0.522. The van der Waals surface area contributed by atoms with Crippen LogP contribution in [0.25, 0.3) is 0 Å². The van der Waals surface area contributed by atoms with E-state index >= 15 is 0 Å². The molecule has 0 aliphatic carbocycles. The molecular formula is C6H7N3O. The fourth-order valence-corrected chi connectivity index (χ4v) is 0.522. The zero-order chi connectivity index (χ0) is 7.40. The molecule has 0 radical (unpaired) electrons. The summed E-state index contributed by atoms with van der Waals surface area (Å²) >= 11 is 0. The molecule has 0 aliphatic rings. The number of hydrogen-bond acceptors (Lipinski definition) is 4. The largest absolute Gasteiger partial charge is 0.481 e. The van der Waals surface area contributed by atoms with Crippen molar-refractivity contribution in [2.75, 3.05) is 7.11 Å². The molecule has 1 aromatic heterocycles. The van der Waals surface area contributed by atoms with E-state index in [0.29, 0.717) is 11.8 Å². The van der Waals surface area contributed by atoms with E-state index in [0.717, 1.165) is 0 Å². The highest BCUT2D eigenvalue weighted by molar-refractivity contribution is 5.35. The lowest BCUT2D eigenvalue weighted by Gasteiger charge is -1.95. The summed E-state index contributed by atoms with van der Waals surface area (Å²) in [4.78, 5) is 11.2. The Hall–Kier alpha value is -1.45. The summed E-state index contributed by atoms with van der Waals surface area (Å²) in [6.45, 7) is 3.28. The van der Waals surface area contributed by atoms with Gasteiger partial charge in [-0.15, -0.1) is 0 Å². The Balaban J connectivity index is 2.98. The van der Waals surface area contributed by atoms with Crippen molar-refractivity contribution in [3.8, 4) is 5.88 Å². The second-order valence-electron chi connectivity index (χ2n) is 1.56. The number of ether oxygens (including phenoxy) is 1. The summed E-state index contributed by atoms with van der Waals surface area (Å²) in [5, 5.41) is 0. The van der Waals surface area contributed by atoms with Crippen LogP contribution in [-0.4, -0.2) is 23.8 Å². The molecule has 0 unspecified atom stereocenters. The van der Waals surface area contributed by atoms with E-state index in [2.05, 4.69) is 21.7 Å².